The van der Waals surface area contributed by atoms with Crippen LogP contribution in [0.4, 0.5) is 4.79 Å². The molecule has 1 N–H and O–H groups in total. The number of hydrogen-bond acceptors (Lipinski definition) is 4. The zero-order valence-corrected chi connectivity index (χ0v) is 18.1. The van der Waals surface area contributed by atoms with Gasteiger partial charge in [-0.05, 0) is 39.2 Å². The number of ether oxygens (including phenoxy) is 2. The second kappa shape index (κ2) is 17.3. The predicted molar refractivity (Wildman–Crippen MR) is 113 cm³/mol. The zero-order valence-electron chi connectivity index (χ0n) is 18.1. The van der Waals surface area contributed by atoms with Crippen LogP contribution < -0.4 is 5.32 Å². The summed E-state index contributed by atoms with van der Waals surface area (Å²) in [5.41, 5.74) is 0. The van der Waals surface area contributed by atoms with Gasteiger partial charge in [0.15, 0.2) is 6.23 Å². The summed E-state index contributed by atoms with van der Waals surface area (Å²) in [5.74, 6) is 0. The number of unbranched alkanes of at least 4 members (excludes halogenated alkanes) is 13. The lowest BCUT2D eigenvalue weighted by Crippen LogP contribution is -2.29. The van der Waals surface area contributed by atoms with Crippen molar-refractivity contribution in [2.24, 2.45) is 0 Å². The summed E-state index contributed by atoms with van der Waals surface area (Å²) in [6.45, 7) is 5.16. The predicted octanol–water partition coefficient (Wildman–Crippen LogP) is 7.11. The molecule has 2 atom stereocenters. The summed E-state index contributed by atoms with van der Waals surface area (Å²) < 4.78 is 10.6. The van der Waals surface area contributed by atoms with Crippen molar-refractivity contribution >= 4 is 6.16 Å². The standard InChI is InChI=1S/C23H45NO3/c1-3-4-5-6-7-8-9-10-11-12-13-14-15-16-18-21(2)26-23(25)27-22-19-17-20-24-22/h21-22,24H,3-20H2,1-2H3. The van der Waals surface area contributed by atoms with Crippen LogP contribution in [0.5, 0.6) is 0 Å². The van der Waals surface area contributed by atoms with Crippen LogP contribution in [-0.2, 0) is 9.47 Å². The Morgan fingerprint density at radius 1 is 0.889 bits per heavy atom. The highest BCUT2D eigenvalue weighted by atomic mass is 16.7. The molecule has 0 bridgehead atoms. The van der Waals surface area contributed by atoms with E-state index >= 15 is 0 Å². The van der Waals surface area contributed by atoms with Crippen LogP contribution in [0, 0.1) is 0 Å². The first-order valence-electron chi connectivity index (χ1n) is 11.8. The van der Waals surface area contributed by atoms with Crippen LogP contribution in [0.1, 0.15) is 123 Å². The van der Waals surface area contributed by atoms with Crippen molar-refractivity contribution in [2.45, 2.75) is 135 Å². The molecule has 1 aliphatic rings. The molecule has 0 amide bonds. The molecule has 1 heterocycles. The third-order valence-electron chi connectivity index (χ3n) is 5.52. The molecule has 1 fully saturated rings. The van der Waals surface area contributed by atoms with E-state index in [0.29, 0.717) is 0 Å². The van der Waals surface area contributed by atoms with E-state index < -0.39 is 6.16 Å². The van der Waals surface area contributed by atoms with Gasteiger partial charge in [-0.3, -0.25) is 5.32 Å². The molecule has 4 heteroatoms. The highest BCUT2D eigenvalue weighted by Gasteiger charge is 2.20. The molecule has 1 saturated heterocycles. The van der Waals surface area contributed by atoms with E-state index in [4.69, 9.17) is 9.47 Å². The first-order chi connectivity index (χ1) is 13.2. The number of rotatable bonds is 17. The minimum Gasteiger partial charge on any atom is -0.431 e. The molecule has 0 radical (unpaired) electrons. The Morgan fingerprint density at radius 2 is 1.41 bits per heavy atom. The topological polar surface area (TPSA) is 47.6 Å². The second-order valence-corrected chi connectivity index (χ2v) is 8.27. The van der Waals surface area contributed by atoms with Gasteiger partial charge in [-0.2, -0.15) is 0 Å². The van der Waals surface area contributed by atoms with E-state index in [1.165, 1.54) is 83.5 Å². The fraction of sp³-hybridized carbons (Fsp3) is 0.957. The second-order valence-electron chi connectivity index (χ2n) is 8.27. The van der Waals surface area contributed by atoms with Gasteiger partial charge in [0.05, 0.1) is 0 Å². The zero-order chi connectivity index (χ0) is 19.6. The Hall–Kier alpha value is -0.770. The third kappa shape index (κ3) is 14.9. The third-order valence-corrected chi connectivity index (χ3v) is 5.52. The quantitative estimate of drug-likeness (QED) is 0.215. The summed E-state index contributed by atoms with van der Waals surface area (Å²) >= 11 is 0. The van der Waals surface area contributed by atoms with Crippen molar-refractivity contribution < 1.29 is 14.3 Å². The molecule has 0 saturated carbocycles. The van der Waals surface area contributed by atoms with Crippen LogP contribution in [0.3, 0.4) is 0 Å². The maximum atomic E-state index is 11.7. The molecule has 160 valence electrons. The summed E-state index contributed by atoms with van der Waals surface area (Å²) in [6, 6.07) is 0. The van der Waals surface area contributed by atoms with Crippen molar-refractivity contribution in [3.05, 3.63) is 0 Å². The van der Waals surface area contributed by atoms with E-state index in [2.05, 4.69) is 12.2 Å². The molecule has 0 aromatic carbocycles. The molecule has 1 aliphatic heterocycles. The van der Waals surface area contributed by atoms with Crippen LogP contribution in [0.25, 0.3) is 0 Å². The van der Waals surface area contributed by atoms with Crippen molar-refractivity contribution in [2.75, 3.05) is 6.54 Å². The monoisotopic (exact) mass is 383 g/mol. The Bertz CT molecular complexity index is 343. The van der Waals surface area contributed by atoms with Gasteiger partial charge in [-0.25, -0.2) is 4.79 Å². The number of nitrogens with one attached hydrogen (secondary N) is 1. The minimum atomic E-state index is -0.521. The highest BCUT2D eigenvalue weighted by Crippen LogP contribution is 2.15. The molecule has 4 nitrogen and oxygen atoms in total. The lowest BCUT2D eigenvalue weighted by atomic mass is 10.0. The molecule has 27 heavy (non-hydrogen) atoms. The summed E-state index contributed by atoms with van der Waals surface area (Å²) in [5, 5.41) is 3.14. The Labute approximate surface area is 168 Å². The fourth-order valence-corrected chi connectivity index (χ4v) is 3.75. The Balaban J connectivity index is 1.78. The van der Waals surface area contributed by atoms with Crippen molar-refractivity contribution in [1.29, 1.82) is 0 Å². The first kappa shape index (κ1) is 24.3. The molecule has 0 spiro atoms. The maximum Gasteiger partial charge on any atom is 0.510 e. The van der Waals surface area contributed by atoms with Gasteiger partial charge in [0.25, 0.3) is 0 Å². The van der Waals surface area contributed by atoms with Gasteiger partial charge in [0, 0.05) is 0 Å². The van der Waals surface area contributed by atoms with E-state index in [-0.39, 0.29) is 12.3 Å². The largest absolute Gasteiger partial charge is 0.510 e. The van der Waals surface area contributed by atoms with Crippen LogP contribution in [0.15, 0.2) is 0 Å². The van der Waals surface area contributed by atoms with Gasteiger partial charge < -0.3 is 9.47 Å². The van der Waals surface area contributed by atoms with E-state index in [1.807, 2.05) is 6.92 Å². The van der Waals surface area contributed by atoms with Crippen molar-refractivity contribution in [1.82, 2.24) is 5.32 Å². The maximum absolute atomic E-state index is 11.7. The number of carbonyl (C=O) groups excluding carboxylic acids is 1. The highest BCUT2D eigenvalue weighted by molar-refractivity contribution is 5.60. The molecule has 0 aromatic heterocycles. The lowest BCUT2D eigenvalue weighted by Gasteiger charge is -2.16. The lowest BCUT2D eigenvalue weighted by molar-refractivity contribution is -0.00330. The summed E-state index contributed by atoms with van der Waals surface area (Å²) in [6.07, 6.45) is 21.3. The van der Waals surface area contributed by atoms with Crippen LogP contribution in [0.2, 0.25) is 0 Å². The molecule has 1 rings (SSSR count). The van der Waals surface area contributed by atoms with E-state index in [9.17, 15) is 4.79 Å². The van der Waals surface area contributed by atoms with Gasteiger partial charge in [0.2, 0.25) is 0 Å². The average Bonchev–Trinajstić information content (AvgIpc) is 3.14. The van der Waals surface area contributed by atoms with Crippen molar-refractivity contribution in [3.8, 4) is 0 Å². The first-order valence-corrected chi connectivity index (χ1v) is 11.8. The fourth-order valence-electron chi connectivity index (χ4n) is 3.75. The average molecular weight is 384 g/mol. The number of carbonyl (C=O) groups is 1. The van der Waals surface area contributed by atoms with E-state index in [1.54, 1.807) is 0 Å². The van der Waals surface area contributed by atoms with Gasteiger partial charge in [-0.1, -0.05) is 90.4 Å². The minimum absolute atomic E-state index is 0.0452. The molecular weight excluding hydrogens is 338 g/mol. The van der Waals surface area contributed by atoms with Crippen LogP contribution >= 0.6 is 0 Å². The normalized spacial score (nSPS) is 17.8. The Morgan fingerprint density at radius 3 is 1.89 bits per heavy atom. The number of hydrogen-bond donors (Lipinski definition) is 1. The smallest absolute Gasteiger partial charge is 0.431 e. The summed E-state index contributed by atoms with van der Waals surface area (Å²) in [7, 11) is 0. The van der Waals surface area contributed by atoms with E-state index in [0.717, 1.165) is 32.2 Å². The van der Waals surface area contributed by atoms with Gasteiger partial charge >= 0.3 is 6.16 Å². The molecule has 2 unspecified atom stereocenters. The SMILES string of the molecule is CCCCCCCCCCCCCCCCC(C)OC(=O)OC1CCCN1. The molecule has 0 aromatic rings. The summed E-state index contributed by atoms with van der Waals surface area (Å²) in [4.78, 5) is 11.7. The molecular formula is C23H45NO3. The van der Waals surface area contributed by atoms with Crippen LogP contribution in [-0.4, -0.2) is 25.0 Å². The Kier molecular flexibility index (Phi) is 15.6. The van der Waals surface area contributed by atoms with Gasteiger partial charge in [0.1, 0.15) is 6.10 Å². The van der Waals surface area contributed by atoms with Crippen molar-refractivity contribution in [3.63, 3.8) is 0 Å². The van der Waals surface area contributed by atoms with Gasteiger partial charge in [-0.15, -0.1) is 0 Å². The molecule has 0 aliphatic carbocycles.